The molecule has 0 aromatic heterocycles. The zero-order chi connectivity index (χ0) is 47.4. The maximum absolute atomic E-state index is 12.7. The van der Waals surface area contributed by atoms with E-state index in [2.05, 4.69) is 135 Å². The standard InChI is InChI=1S/C55H90NO8P/c1-3-5-7-9-11-13-15-17-19-21-23-25-26-28-30-32-34-36-38-40-42-44-46-48-55(58)64-53(52-63-65(59,60)62-50-49-56)51-61-54(57)47-45-43-41-39-37-35-33-31-29-27-24-22-20-18-16-14-12-10-8-6-4-2/h5-8,11-14,17-20,23-25,27-28,30,34,36,53H,3-4,9-10,15-16,21-22,26,29,31-33,35,37-52,56H2,1-2H3,(H,59,60)/b7-5-,8-6-,13-11-,14-12-,19-17-,20-18-,25-23-,27-24-,30-28-,36-34-. The minimum Gasteiger partial charge on any atom is -0.462 e. The predicted molar refractivity (Wildman–Crippen MR) is 274 cm³/mol. The Bertz CT molecular complexity index is 1470. The Morgan fingerprint density at radius 2 is 0.800 bits per heavy atom. The van der Waals surface area contributed by atoms with E-state index in [1.54, 1.807) is 0 Å². The van der Waals surface area contributed by atoms with E-state index < -0.39 is 32.5 Å². The number of hydrogen-bond acceptors (Lipinski definition) is 8. The second-order valence-corrected chi connectivity index (χ2v) is 17.4. The summed E-state index contributed by atoms with van der Waals surface area (Å²) in [6.45, 7) is 3.45. The van der Waals surface area contributed by atoms with Crippen LogP contribution in [0.4, 0.5) is 0 Å². The Morgan fingerprint density at radius 3 is 1.18 bits per heavy atom. The van der Waals surface area contributed by atoms with E-state index in [-0.39, 0.29) is 32.6 Å². The Labute approximate surface area is 396 Å². The van der Waals surface area contributed by atoms with Crippen molar-refractivity contribution >= 4 is 19.8 Å². The molecule has 0 radical (unpaired) electrons. The van der Waals surface area contributed by atoms with E-state index in [0.717, 1.165) is 116 Å². The Hall–Kier alpha value is -3.59. The molecule has 0 saturated carbocycles. The number of nitrogens with two attached hydrogens (primary N) is 1. The van der Waals surface area contributed by atoms with E-state index in [1.807, 2.05) is 0 Å². The monoisotopic (exact) mass is 924 g/mol. The number of rotatable bonds is 45. The fourth-order valence-electron chi connectivity index (χ4n) is 6.22. The van der Waals surface area contributed by atoms with Crippen LogP contribution >= 0.6 is 7.82 Å². The predicted octanol–water partition coefficient (Wildman–Crippen LogP) is 15.3. The molecule has 0 spiro atoms. The quantitative estimate of drug-likeness (QED) is 0.0265. The van der Waals surface area contributed by atoms with Crippen molar-refractivity contribution in [3.05, 3.63) is 122 Å². The van der Waals surface area contributed by atoms with Crippen LogP contribution in [0.15, 0.2) is 122 Å². The average molecular weight is 924 g/mol. The second-order valence-electron chi connectivity index (χ2n) is 15.9. The summed E-state index contributed by atoms with van der Waals surface area (Å²) in [5.74, 6) is -0.877. The topological polar surface area (TPSA) is 134 Å². The number of carbonyl (C=O) groups is 2. The lowest BCUT2D eigenvalue weighted by atomic mass is 10.1. The van der Waals surface area contributed by atoms with Crippen LogP contribution in [0, 0.1) is 0 Å². The molecule has 2 unspecified atom stereocenters. The molecule has 0 fully saturated rings. The number of allylic oxidation sites excluding steroid dienone is 20. The van der Waals surface area contributed by atoms with Crippen LogP contribution in [0.1, 0.15) is 181 Å². The summed E-state index contributed by atoms with van der Waals surface area (Å²) < 4.78 is 32.9. The van der Waals surface area contributed by atoms with Gasteiger partial charge >= 0.3 is 19.8 Å². The van der Waals surface area contributed by atoms with E-state index in [0.29, 0.717) is 12.8 Å². The van der Waals surface area contributed by atoms with Crippen LogP contribution in [0.3, 0.4) is 0 Å². The van der Waals surface area contributed by atoms with Crippen LogP contribution in [0.2, 0.25) is 0 Å². The molecule has 65 heavy (non-hydrogen) atoms. The average Bonchev–Trinajstić information content (AvgIpc) is 3.30. The number of phosphoric acid groups is 1. The van der Waals surface area contributed by atoms with Crippen LogP contribution in [-0.4, -0.2) is 49.3 Å². The Kier molecular flexibility index (Phi) is 47.1. The van der Waals surface area contributed by atoms with Gasteiger partial charge in [-0.05, 0) is 103 Å². The number of esters is 2. The number of carbonyl (C=O) groups excluding carboxylic acids is 2. The van der Waals surface area contributed by atoms with Gasteiger partial charge in [-0.25, -0.2) is 4.57 Å². The van der Waals surface area contributed by atoms with Gasteiger partial charge in [0, 0.05) is 19.4 Å². The molecule has 10 heteroatoms. The van der Waals surface area contributed by atoms with Crippen molar-refractivity contribution < 1.29 is 37.6 Å². The largest absolute Gasteiger partial charge is 0.472 e. The van der Waals surface area contributed by atoms with E-state index in [4.69, 9.17) is 24.3 Å². The smallest absolute Gasteiger partial charge is 0.462 e. The van der Waals surface area contributed by atoms with Crippen molar-refractivity contribution in [2.75, 3.05) is 26.4 Å². The number of hydrogen-bond donors (Lipinski definition) is 2. The highest BCUT2D eigenvalue weighted by Gasteiger charge is 2.26. The van der Waals surface area contributed by atoms with Gasteiger partial charge in [0.25, 0.3) is 0 Å². The maximum atomic E-state index is 12.7. The van der Waals surface area contributed by atoms with Crippen LogP contribution in [-0.2, 0) is 32.7 Å². The summed E-state index contributed by atoms with van der Waals surface area (Å²) in [7, 11) is -4.40. The number of phosphoric ester groups is 1. The van der Waals surface area contributed by atoms with Gasteiger partial charge in [0.05, 0.1) is 13.2 Å². The molecule has 0 aliphatic rings. The minimum atomic E-state index is -4.40. The fourth-order valence-corrected chi connectivity index (χ4v) is 6.98. The van der Waals surface area contributed by atoms with Crippen molar-refractivity contribution in [2.45, 2.75) is 187 Å². The van der Waals surface area contributed by atoms with E-state index in [1.165, 1.54) is 25.7 Å². The molecule has 0 aliphatic heterocycles. The van der Waals surface area contributed by atoms with Crippen LogP contribution in [0.25, 0.3) is 0 Å². The summed E-state index contributed by atoms with van der Waals surface area (Å²) in [5.41, 5.74) is 5.36. The van der Waals surface area contributed by atoms with Crippen molar-refractivity contribution in [2.24, 2.45) is 5.73 Å². The normalized spacial score (nSPS) is 14.2. The molecule has 2 atom stereocenters. The molecule has 0 saturated heterocycles. The second kappa shape index (κ2) is 49.8. The maximum Gasteiger partial charge on any atom is 0.472 e. The molecule has 0 amide bonds. The van der Waals surface area contributed by atoms with E-state index in [9.17, 15) is 19.0 Å². The third-order valence-electron chi connectivity index (χ3n) is 9.84. The van der Waals surface area contributed by atoms with Gasteiger partial charge in [-0.1, -0.05) is 187 Å². The molecule has 0 heterocycles. The highest BCUT2D eigenvalue weighted by molar-refractivity contribution is 7.47. The Morgan fingerprint density at radius 1 is 0.462 bits per heavy atom. The summed E-state index contributed by atoms with van der Waals surface area (Å²) in [6, 6.07) is 0. The molecular formula is C55H90NO8P. The third-order valence-corrected chi connectivity index (χ3v) is 10.8. The first-order valence-corrected chi connectivity index (χ1v) is 26.5. The first kappa shape index (κ1) is 61.4. The lowest BCUT2D eigenvalue weighted by molar-refractivity contribution is -0.161. The highest BCUT2D eigenvalue weighted by atomic mass is 31.2. The molecule has 368 valence electrons. The van der Waals surface area contributed by atoms with Crippen molar-refractivity contribution in [1.29, 1.82) is 0 Å². The van der Waals surface area contributed by atoms with Crippen molar-refractivity contribution in [3.63, 3.8) is 0 Å². The number of unbranched alkanes of at least 4 members (excludes halogenated alkanes) is 12. The SMILES string of the molecule is CC/C=C\C/C=C\C/C=C\C/C=C\C/C=C\C/C=C\CCCCCCC(=O)OC(COC(=O)CCCCCCCCCC/C=C\C/C=C\C/C=C\C/C=C\CC)COP(=O)(O)OCCN. The number of ether oxygens (including phenoxy) is 2. The summed E-state index contributed by atoms with van der Waals surface area (Å²) in [6.07, 6.45) is 68.0. The van der Waals surface area contributed by atoms with E-state index >= 15 is 0 Å². The molecule has 0 aromatic rings. The third kappa shape index (κ3) is 49.7. The molecule has 0 aliphatic carbocycles. The van der Waals surface area contributed by atoms with Crippen molar-refractivity contribution in [1.82, 2.24) is 0 Å². The molecule has 3 N–H and O–H groups in total. The van der Waals surface area contributed by atoms with Gasteiger partial charge in [-0.15, -0.1) is 0 Å². The molecule has 0 bridgehead atoms. The van der Waals surface area contributed by atoms with Gasteiger partial charge in [0.2, 0.25) is 0 Å². The lowest BCUT2D eigenvalue weighted by Crippen LogP contribution is -2.29. The zero-order valence-electron chi connectivity index (χ0n) is 40.7. The summed E-state index contributed by atoms with van der Waals surface area (Å²) in [4.78, 5) is 35.1. The summed E-state index contributed by atoms with van der Waals surface area (Å²) >= 11 is 0. The van der Waals surface area contributed by atoms with Crippen LogP contribution < -0.4 is 5.73 Å². The highest BCUT2D eigenvalue weighted by Crippen LogP contribution is 2.43. The molecular weight excluding hydrogens is 834 g/mol. The molecule has 9 nitrogen and oxygen atoms in total. The van der Waals surface area contributed by atoms with Crippen LogP contribution in [0.5, 0.6) is 0 Å². The molecule has 0 rings (SSSR count). The van der Waals surface area contributed by atoms with Gasteiger partial charge < -0.3 is 20.1 Å². The summed E-state index contributed by atoms with van der Waals surface area (Å²) in [5, 5.41) is 0. The Balaban J connectivity index is 4.18. The lowest BCUT2D eigenvalue weighted by Gasteiger charge is -2.19. The van der Waals surface area contributed by atoms with Crippen molar-refractivity contribution in [3.8, 4) is 0 Å². The molecule has 0 aromatic carbocycles. The fraction of sp³-hybridized carbons (Fsp3) is 0.600. The zero-order valence-corrected chi connectivity index (χ0v) is 41.6. The van der Waals surface area contributed by atoms with Gasteiger partial charge in [0.1, 0.15) is 6.61 Å². The first-order chi connectivity index (χ1) is 31.8. The van der Waals surface area contributed by atoms with Gasteiger partial charge in [0.15, 0.2) is 6.10 Å². The minimum absolute atomic E-state index is 0.0403. The first-order valence-electron chi connectivity index (χ1n) is 25.0. The van der Waals surface area contributed by atoms with Gasteiger partial charge in [-0.3, -0.25) is 18.6 Å². The van der Waals surface area contributed by atoms with Gasteiger partial charge in [-0.2, -0.15) is 0 Å².